The van der Waals surface area contributed by atoms with E-state index in [9.17, 15) is 4.39 Å². The van der Waals surface area contributed by atoms with E-state index in [-0.39, 0.29) is 11.9 Å². The third kappa shape index (κ3) is 2.58. The maximum atomic E-state index is 13.0. The standard InChI is InChI=1S/C13H14FNO2/c1-9(12-4-3-7-17-12)15-11-6-5-10(14)8-13(11)16-2/h3-9,15H,1-2H3. The molecule has 1 atom stereocenters. The van der Waals surface area contributed by atoms with Crippen molar-refractivity contribution in [2.45, 2.75) is 13.0 Å². The molecule has 0 aliphatic heterocycles. The molecule has 17 heavy (non-hydrogen) atoms. The smallest absolute Gasteiger partial charge is 0.144 e. The summed E-state index contributed by atoms with van der Waals surface area (Å²) < 4.78 is 23.4. The van der Waals surface area contributed by atoms with E-state index in [0.717, 1.165) is 11.4 Å². The van der Waals surface area contributed by atoms with Crippen molar-refractivity contribution in [3.05, 3.63) is 48.2 Å². The maximum absolute atomic E-state index is 13.0. The van der Waals surface area contributed by atoms with Gasteiger partial charge in [0.2, 0.25) is 0 Å². The molecule has 1 aromatic heterocycles. The van der Waals surface area contributed by atoms with Crippen LogP contribution in [0.2, 0.25) is 0 Å². The zero-order chi connectivity index (χ0) is 12.3. The maximum Gasteiger partial charge on any atom is 0.144 e. The van der Waals surface area contributed by atoms with Crippen LogP contribution in [0.4, 0.5) is 10.1 Å². The molecule has 2 aromatic rings. The second kappa shape index (κ2) is 4.91. The molecule has 1 heterocycles. The molecule has 0 amide bonds. The first-order chi connectivity index (χ1) is 8.20. The Morgan fingerprint density at radius 2 is 2.18 bits per heavy atom. The van der Waals surface area contributed by atoms with Crippen molar-refractivity contribution in [3.8, 4) is 5.75 Å². The van der Waals surface area contributed by atoms with E-state index in [4.69, 9.17) is 9.15 Å². The van der Waals surface area contributed by atoms with E-state index in [1.807, 2.05) is 19.1 Å². The van der Waals surface area contributed by atoms with E-state index >= 15 is 0 Å². The lowest BCUT2D eigenvalue weighted by atomic mass is 10.2. The van der Waals surface area contributed by atoms with Crippen molar-refractivity contribution in [3.63, 3.8) is 0 Å². The van der Waals surface area contributed by atoms with Gasteiger partial charge in [-0.15, -0.1) is 0 Å². The molecule has 0 saturated carbocycles. The van der Waals surface area contributed by atoms with Crippen LogP contribution in [-0.2, 0) is 0 Å². The fourth-order valence-corrected chi connectivity index (χ4v) is 1.63. The Balaban J connectivity index is 2.18. The van der Waals surface area contributed by atoms with E-state index in [0.29, 0.717) is 5.75 Å². The van der Waals surface area contributed by atoms with Gasteiger partial charge >= 0.3 is 0 Å². The number of nitrogens with one attached hydrogen (secondary N) is 1. The summed E-state index contributed by atoms with van der Waals surface area (Å²) in [5.74, 6) is 0.970. The van der Waals surface area contributed by atoms with Crippen molar-refractivity contribution in [2.24, 2.45) is 0 Å². The Bertz CT molecular complexity index is 482. The van der Waals surface area contributed by atoms with Gasteiger partial charge in [-0.05, 0) is 31.2 Å². The van der Waals surface area contributed by atoms with Crippen LogP contribution in [0, 0.1) is 5.82 Å². The lowest BCUT2D eigenvalue weighted by Gasteiger charge is -2.15. The van der Waals surface area contributed by atoms with Crippen LogP contribution in [0.15, 0.2) is 41.0 Å². The molecule has 1 aromatic carbocycles. The number of methoxy groups -OCH3 is 1. The SMILES string of the molecule is COc1cc(F)ccc1NC(C)c1ccco1. The average Bonchev–Trinajstić information content (AvgIpc) is 2.85. The van der Waals surface area contributed by atoms with Crippen molar-refractivity contribution in [1.29, 1.82) is 0 Å². The normalized spacial score (nSPS) is 12.2. The van der Waals surface area contributed by atoms with Crippen LogP contribution in [0.1, 0.15) is 18.7 Å². The van der Waals surface area contributed by atoms with Gasteiger partial charge in [0.25, 0.3) is 0 Å². The number of furan rings is 1. The van der Waals surface area contributed by atoms with Gasteiger partial charge in [-0.2, -0.15) is 0 Å². The number of anilines is 1. The molecule has 2 rings (SSSR count). The molecule has 3 nitrogen and oxygen atoms in total. The molecule has 4 heteroatoms. The molecular weight excluding hydrogens is 221 g/mol. The van der Waals surface area contributed by atoms with Crippen LogP contribution >= 0.6 is 0 Å². The van der Waals surface area contributed by atoms with E-state index in [1.54, 1.807) is 12.3 Å². The fraction of sp³-hybridized carbons (Fsp3) is 0.231. The summed E-state index contributed by atoms with van der Waals surface area (Å²) in [7, 11) is 1.51. The second-order valence-corrected chi connectivity index (χ2v) is 3.73. The average molecular weight is 235 g/mol. The largest absolute Gasteiger partial charge is 0.494 e. The third-order valence-electron chi connectivity index (χ3n) is 2.51. The van der Waals surface area contributed by atoms with Gasteiger partial charge in [0.05, 0.1) is 25.1 Å². The Labute approximate surface area is 99.2 Å². The van der Waals surface area contributed by atoms with E-state index in [2.05, 4.69) is 5.32 Å². The molecule has 0 radical (unpaired) electrons. The predicted octanol–water partition coefficient (Wildman–Crippen LogP) is 3.60. The van der Waals surface area contributed by atoms with Crippen molar-refractivity contribution in [1.82, 2.24) is 0 Å². The first-order valence-electron chi connectivity index (χ1n) is 5.34. The summed E-state index contributed by atoms with van der Waals surface area (Å²) in [4.78, 5) is 0. The number of ether oxygens (including phenoxy) is 1. The fourth-order valence-electron chi connectivity index (χ4n) is 1.63. The first-order valence-corrected chi connectivity index (χ1v) is 5.34. The summed E-state index contributed by atoms with van der Waals surface area (Å²) in [6, 6.07) is 8.08. The number of halogens is 1. The lowest BCUT2D eigenvalue weighted by Crippen LogP contribution is -2.06. The molecule has 0 aliphatic rings. The molecule has 0 saturated heterocycles. The topological polar surface area (TPSA) is 34.4 Å². The van der Waals surface area contributed by atoms with Crippen LogP contribution in [0.25, 0.3) is 0 Å². The van der Waals surface area contributed by atoms with Crippen molar-refractivity contribution >= 4 is 5.69 Å². The summed E-state index contributed by atoms with van der Waals surface area (Å²) in [5.41, 5.74) is 0.734. The number of rotatable bonds is 4. The third-order valence-corrected chi connectivity index (χ3v) is 2.51. The van der Waals surface area contributed by atoms with Gasteiger partial charge in [-0.25, -0.2) is 4.39 Å². The lowest BCUT2D eigenvalue weighted by molar-refractivity contribution is 0.412. The molecule has 90 valence electrons. The van der Waals surface area contributed by atoms with E-state index in [1.165, 1.54) is 19.2 Å². The minimum absolute atomic E-state index is 0.00985. The summed E-state index contributed by atoms with van der Waals surface area (Å²) >= 11 is 0. The molecule has 0 spiro atoms. The molecule has 0 fully saturated rings. The zero-order valence-electron chi connectivity index (χ0n) is 9.74. The molecule has 0 bridgehead atoms. The highest BCUT2D eigenvalue weighted by molar-refractivity contribution is 5.57. The van der Waals surface area contributed by atoms with Gasteiger partial charge < -0.3 is 14.5 Å². The number of benzene rings is 1. The van der Waals surface area contributed by atoms with Gasteiger partial charge in [-0.3, -0.25) is 0 Å². The highest BCUT2D eigenvalue weighted by atomic mass is 19.1. The van der Waals surface area contributed by atoms with E-state index < -0.39 is 0 Å². The zero-order valence-corrected chi connectivity index (χ0v) is 9.74. The van der Waals surface area contributed by atoms with Gasteiger partial charge in [0, 0.05) is 6.07 Å². The van der Waals surface area contributed by atoms with Crippen LogP contribution < -0.4 is 10.1 Å². The molecular formula is C13H14FNO2. The Morgan fingerprint density at radius 3 is 2.82 bits per heavy atom. The first kappa shape index (κ1) is 11.5. The molecule has 1 N–H and O–H groups in total. The van der Waals surface area contributed by atoms with Crippen LogP contribution in [-0.4, -0.2) is 7.11 Å². The van der Waals surface area contributed by atoms with Crippen molar-refractivity contribution < 1.29 is 13.5 Å². The van der Waals surface area contributed by atoms with Crippen LogP contribution in [0.3, 0.4) is 0 Å². The van der Waals surface area contributed by atoms with Gasteiger partial charge in [0.15, 0.2) is 0 Å². The molecule has 0 aliphatic carbocycles. The Kier molecular flexibility index (Phi) is 3.32. The minimum Gasteiger partial charge on any atom is -0.494 e. The van der Waals surface area contributed by atoms with Crippen molar-refractivity contribution in [2.75, 3.05) is 12.4 Å². The second-order valence-electron chi connectivity index (χ2n) is 3.73. The highest BCUT2D eigenvalue weighted by Crippen LogP contribution is 2.28. The summed E-state index contributed by atoms with van der Waals surface area (Å²) in [5, 5.41) is 3.21. The van der Waals surface area contributed by atoms with Gasteiger partial charge in [0.1, 0.15) is 17.3 Å². The Morgan fingerprint density at radius 1 is 1.35 bits per heavy atom. The Hall–Kier alpha value is -1.97. The number of hydrogen-bond donors (Lipinski definition) is 1. The summed E-state index contributed by atoms with van der Waals surface area (Å²) in [6.45, 7) is 1.96. The highest BCUT2D eigenvalue weighted by Gasteiger charge is 2.11. The number of hydrogen-bond acceptors (Lipinski definition) is 3. The predicted molar refractivity (Wildman–Crippen MR) is 63.7 cm³/mol. The quantitative estimate of drug-likeness (QED) is 0.879. The monoisotopic (exact) mass is 235 g/mol. The summed E-state index contributed by atoms with van der Waals surface area (Å²) in [6.07, 6.45) is 1.62. The molecule has 1 unspecified atom stereocenters. The van der Waals surface area contributed by atoms with Gasteiger partial charge in [-0.1, -0.05) is 0 Å². The van der Waals surface area contributed by atoms with Crippen LogP contribution in [0.5, 0.6) is 5.75 Å². The minimum atomic E-state index is -0.321.